The minimum Gasteiger partial charge on any atom is -0.487 e. The van der Waals surface area contributed by atoms with Crippen LogP contribution in [0.3, 0.4) is 0 Å². The summed E-state index contributed by atoms with van der Waals surface area (Å²) in [5.41, 5.74) is 2.84. The first-order valence-corrected chi connectivity index (χ1v) is 10.6. The molecule has 1 N–H and O–H groups in total. The summed E-state index contributed by atoms with van der Waals surface area (Å²) in [4.78, 5) is 4.53. The third kappa shape index (κ3) is 5.38. The molecular weight excluding hydrogens is 443 g/mol. The number of aromatic nitrogens is 1. The van der Waals surface area contributed by atoms with Gasteiger partial charge in [-0.15, -0.1) is 0 Å². The van der Waals surface area contributed by atoms with Gasteiger partial charge in [0.2, 0.25) is 5.89 Å². The molecule has 0 bridgehead atoms. The number of nitrogens with zero attached hydrogens (tertiary/aromatic N) is 1. The number of aliphatic hydroxyl groups excluding tert-OH is 1. The third-order valence-electron chi connectivity index (χ3n) is 5.25. The molecule has 174 valence electrons. The molecule has 7 heteroatoms. The van der Waals surface area contributed by atoms with E-state index in [4.69, 9.17) is 14.3 Å². The van der Waals surface area contributed by atoms with Gasteiger partial charge >= 0.3 is 6.18 Å². The van der Waals surface area contributed by atoms with Gasteiger partial charge in [-0.05, 0) is 54.5 Å². The molecule has 34 heavy (non-hydrogen) atoms. The Morgan fingerprint density at radius 2 is 1.71 bits per heavy atom. The van der Waals surface area contributed by atoms with E-state index in [1.54, 1.807) is 6.08 Å². The molecule has 1 heterocycles. The minimum absolute atomic E-state index is 0.0526. The van der Waals surface area contributed by atoms with E-state index >= 15 is 0 Å². The Hall–Kier alpha value is -3.84. The van der Waals surface area contributed by atoms with Crippen LogP contribution in [0.15, 0.2) is 89.4 Å². The SMILES string of the molecule is C/C(=C\CO)c1cccc(OCc2nc(-c3ccc(C(F)(F)F)cc3)oc2-c2ccccc2)c1. The van der Waals surface area contributed by atoms with Gasteiger partial charge in [-0.25, -0.2) is 4.98 Å². The van der Waals surface area contributed by atoms with Crippen LogP contribution >= 0.6 is 0 Å². The highest BCUT2D eigenvalue weighted by atomic mass is 19.4. The minimum atomic E-state index is -4.41. The molecule has 0 saturated heterocycles. The molecule has 4 aromatic rings. The number of benzene rings is 3. The predicted molar refractivity (Wildman–Crippen MR) is 124 cm³/mol. The molecule has 0 saturated carbocycles. The third-order valence-corrected chi connectivity index (χ3v) is 5.25. The van der Waals surface area contributed by atoms with Gasteiger partial charge in [-0.3, -0.25) is 0 Å². The number of allylic oxidation sites excluding steroid dienone is 1. The lowest BCUT2D eigenvalue weighted by atomic mass is 10.1. The Labute approximate surface area is 195 Å². The van der Waals surface area contributed by atoms with Crippen molar-refractivity contribution in [2.75, 3.05) is 6.61 Å². The largest absolute Gasteiger partial charge is 0.487 e. The van der Waals surface area contributed by atoms with Gasteiger partial charge in [-0.2, -0.15) is 13.2 Å². The van der Waals surface area contributed by atoms with Crippen LogP contribution in [-0.4, -0.2) is 16.7 Å². The van der Waals surface area contributed by atoms with Crippen molar-refractivity contribution in [3.63, 3.8) is 0 Å². The van der Waals surface area contributed by atoms with Crippen LogP contribution in [0.25, 0.3) is 28.4 Å². The molecule has 0 amide bonds. The topological polar surface area (TPSA) is 55.5 Å². The lowest BCUT2D eigenvalue weighted by molar-refractivity contribution is -0.137. The van der Waals surface area contributed by atoms with E-state index in [0.717, 1.165) is 28.8 Å². The van der Waals surface area contributed by atoms with Gasteiger partial charge in [0.25, 0.3) is 0 Å². The summed E-state index contributed by atoms with van der Waals surface area (Å²) in [6.07, 6.45) is -2.71. The molecule has 0 fully saturated rings. The zero-order valence-corrected chi connectivity index (χ0v) is 18.3. The maximum atomic E-state index is 12.9. The molecule has 0 aliphatic heterocycles. The van der Waals surface area contributed by atoms with Crippen molar-refractivity contribution in [3.05, 3.63) is 102 Å². The van der Waals surface area contributed by atoms with E-state index in [9.17, 15) is 13.2 Å². The molecule has 3 aromatic carbocycles. The fraction of sp³-hybridized carbons (Fsp3) is 0.148. The normalized spacial score (nSPS) is 12.1. The number of alkyl halides is 3. The summed E-state index contributed by atoms with van der Waals surface area (Å²) in [6.45, 7) is 1.94. The van der Waals surface area contributed by atoms with Gasteiger partial charge in [0.05, 0.1) is 12.2 Å². The highest BCUT2D eigenvalue weighted by Crippen LogP contribution is 2.34. The van der Waals surface area contributed by atoms with Crippen molar-refractivity contribution < 1.29 is 27.4 Å². The average Bonchev–Trinajstić information content (AvgIpc) is 3.27. The first-order chi connectivity index (χ1) is 16.3. The fourth-order valence-electron chi connectivity index (χ4n) is 3.43. The van der Waals surface area contributed by atoms with E-state index in [1.165, 1.54) is 12.1 Å². The molecule has 0 unspecified atom stereocenters. The van der Waals surface area contributed by atoms with Crippen molar-refractivity contribution in [2.45, 2.75) is 19.7 Å². The van der Waals surface area contributed by atoms with Gasteiger partial charge in [0.1, 0.15) is 18.1 Å². The molecule has 0 atom stereocenters. The predicted octanol–water partition coefficient (Wildman–Crippen LogP) is 7.00. The average molecular weight is 465 g/mol. The van der Waals surface area contributed by atoms with Crippen LogP contribution in [0, 0.1) is 0 Å². The van der Waals surface area contributed by atoms with Gasteiger partial charge in [-0.1, -0.05) is 48.5 Å². The highest BCUT2D eigenvalue weighted by molar-refractivity contribution is 5.66. The molecule has 4 nitrogen and oxygen atoms in total. The van der Waals surface area contributed by atoms with Crippen LogP contribution in [0.1, 0.15) is 23.7 Å². The number of ether oxygens (including phenoxy) is 1. The number of oxazole rings is 1. The Morgan fingerprint density at radius 1 is 0.971 bits per heavy atom. The second-order valence-electron chi connectivity index (χ2n) is 7.62. The van der Waals surface area contributed by atoms with E-state index in [1.807, 2.05) is 61.5 Å². The first-order valence-electron chi connectivity index (χ1n) is 10.6. The summed E-state index contributed by atoms with van der Waals surface area (Å²) >= 11 is 0. The monoisotopic (exact) mass is 465 g/mol. The zero-order valence-electron chi connectivity index (χ0n) is 18.3. The molecule has 0 aliphatic rings. The maximum Gasteiger partial charge on any atom is 0.416 e. The summed E-state index contributed by atoms with van der Waals surface area (Å²) in [6, 6.07) is 21.5. The molecule has 0 aliphatic carbocycles. The number of hydrogen-bond acceptors (Lipinski definition) is 4. The van der Waals surface area contributed by atoms with E-state index in [-0.39, 0.29) is 19.1 Å². The summed E-state index contributed by atoms with van der Waals surface area (Å²) in [5.74, 6) is 1.31. The van der Waals surface area contributed by atoms with Crippen LogP contribution in [0.5, 0.6) is 5.75 Å². The summed E-state index contributed by atoms with van der Waals surface area (Å²) in [5, 5.41) is 9.13. The van der Waals surface area contributed by atoms with Crippen molar-refractivity contribution >= 4 is 5.57 Å². The maximum absolute atomic E-state index is 12.9. The Morgan fingerprint density at radius 3 is 2.38 bits per heavy atom. The Kier molecular flexibility index (Phi) is 6.84. The standard InChI is InChI=1S/C27H22F3NO3/c1-18(14-15-32)21-8-5-9-23(16-21)33-17-24-25(19-6-3-2-4-7-19)34-26(31-24)20-10-12-22(13-11-20)27(28,29)30/h2-14,16,32H,15,17H2,1H3/b18-14+. The van der Waals surface area contributed by atoms with Crippen LogP contribution in [0.4, 0.5) is 13.2 Å². The number of rotatable bonds is 7. The second-order valence-corrected chi connectivity index (χ2v) is 7.62. The fourth-order valence-corrected chi connectivity index (χ4v) is 3.43. The summed E-state index contributed by atoms with van der Waals surface area (Å²) in [7, 11) is 0. The van der Waals surface area contributed by atoms with Crippen LogP contribution in [0.2, 0.25) is 0 Å². The zero-order chi connectivity index (χ0) is 24.1. The second kappa shape index (κ2) is 9.97. The van der Waals surface area contributed by atoms with Gasteiger partial charge < -0.3 is 14.3 Å². The lowest BCUT2D eigenvalue weighted by Crippen LogP contribution is -2.04. The van der Waals surface area contributed by atoms with Crippen molar-refractivity contribution in [3.8, 4) is 28.5 Å². The highest BCUT2D eigenvalue weighted by Gasteiger charge is 2.30. The van der Waals surface area contributed by atoms with Crippen LogP contribution in [-0.2, 0) is 12.8 Å². The molecule has 1 aromatic heterocycles. The van der Waals surface area contributed by atoms with Gasteiger partial charge in [0.15, 0.2) is 5.76 Å². The molecular formula is C27H22F3NO3. The van der Waals surface area contributed by atoms with E-state index in [2.05, 4.69) is 4.98 Å². The number of halogens is 3. The lowest BCUT2D eigenvalue weighted by Gasteiger charge is -2.08. The number of aliphatic hydroxyl groups is 1. The number of hydrogen-bond donors (Lipinski definition) is 1. The van der Waals surface area contributed by atoms with Crippen molar-refractivity contribution in [1.82, 2.24) is 4.98 Å². The van der Waals surface area contributed by atoms with Gasteiger partial charge in [0, 0.05) is 11.1 Å². The van der Waals surface area contributed by atoms with E-state index in [0.29, 0.717) is 22.8 Å². The van der Waals surface area contributed by atoms with Crippen molar-refractivity contribution in [2.24, 2.45) is 0 Å². The summed E-state index contributed by atoms with van der Waals surface area (Å²) < 4.78 is 50.7. The smallest absolute Gasteiger partial charge is 0.416 e. The Balaban J connectivity index is 1.64. The molecule has 0 radical (unpaired) electrons. The quantitative estimate of drug-likeness (QED) is 0.319. The van der Waals surface area contributed by atoms with Crippen LogP contribution < -0.4 is 4.74 Å². The molecule has 4 rings (SSSR count). The first kappa shape index (κ1) is 23.3. The van der Waals surface area contributed by atoms with E-state index < -0.39 is 11.7 Å². The molecule has 0 spiro atoms. The van der Waals surface area contributed by atoms with Crippen molar-refractivity contribution in [1.29, 1.82) is 0 Å². The Bertz CT molecular complexity index is 1280.